The summed E-state index contributed by atoms with van der Waals surface area (Å²) in [6.07, 6.45) is -5.37. The zero-order chi connectivity index (χ0) is 27.8. The van der Waals surface area contributed by atoms with Crippen LogP contribution in [0.5, 0.6) is 0 Å². The number of aryl methyl sites for hydroxylation is 3. The fourth-order valence-corrected chi connectivity index (χ4v) is 5.82. The summed E-state index contributed by atoms with van der Waals surface area (Å²) in [7, 11) is 0. The number of alkyl halides is 3. The van der Waals surface area contributed by atoms with Crippen molar-refractivity contribution in [1.82, 2.24) is 9.78 Å². The summed E-state index contributed by atoms with van der Waals surface area (Å²) in [5, 5.41) is 2.72. The highest BCUT2D eigenvalue weighted by atomic mass is 19.4. The maximum atomic E-state index is 15.5. The van der Waals surface area contributed by atoms with Gasteiger partial charge in [-0.3, -0.25) is 24.4 Å². The molecule has 38 heavy (non-hydrogen) atoms. The monoisotopic (exact) mass is 523 g/mol. The van der Waals surface area contributed by atoms with Crippen molar-refractivity contribution in [2.75, 3.05) is 4.90 Å². The van der Waals surface area contributed by atoms with Gasteiger partial charge in [0.15, 0.2) is 5.78 Å². The molecule has 9 heteroatoms. The first-order chi connectivity index (χ1) is 17.7. The molecule has 1 aliphatic heterocycles. The molecule has 0 fully saturated rings. The number of para-hydroxylation sites is 1. The smallest absolute Gasteiger partial charge is 0.295 e. The lowest BCUT2D eigenvalue weighted by Gasteiger charge is -2.35. The molecule has 2 aliphatic rings. The number of aromatic nitrogens is 2. The third-order valence-corrected chi connectivity index (χ3v) is 7.66. The quantitative estimate of drug-likeness (QED) is 0.487. The van der Waals surface area contributed by atoms with Crippen molar-refractivity contribution < 1.29 is 22.8 Å². The van der Waals surface area contributed by atoms with Crippen LogP contribution in [0.4, 0.5) is 18.9 Å². The number of nitrogens with zero attached hydrogens (tertiary/aromatic N) is 2. The Balaban J connectivity index is 1.88. The highest BCUT2D eigenvalue weighted by molar-refractivity contribution is 6.20. The Hall–Kier alpha value is -3.88. The molecular weight excluding hydrogens is 495 g/mol. The number of hydrogen-bond donors (Lipinski definition) is 1. The molecule has 1 N–H and O–H groups in total. The fraction of sp³-hybridized carbons (Fsp3) is 0.345. The number of halogens is 3. The Labute approximate surface area is 217 Å². The molecule has 0 radical (unpaired) electrons. The van der Waals surface area contributed by atoms with Crippen LogP contribution in [0.1, 0.15) is 49.1 Å². The van der Waals surface area contributed by atoms with E-state index in [1.165, 1.54) is 6.92 Å². The molecule has 0 saturated heterocycles. The van der Waals surface area contributed by atoms with E-state index in [0.717, 1.165) is 20.7 Å². The SMILES string of the molecule is Cc1ccc(N2C(=O)[C@](c3c(C)[nH]n(-c4ccccc4)c3=O)(C(F)(F)F)C3=C2CC(C)(C)CC3=O)cc1C. The average molecular weight is 524 g/mol. The molecule has 6 nitrogen and oxygen atoms in total. The summed E-state index contributed by atoms with van der Waals surface area (Å²) in [6, 6.07) is 13.1. The number of ketones is 1. The van der Waals surface area contributed by atoms with Gasteiger partial charge in [0.1, 0.15) is 0 Å². The molecule has 3 aromatic rings. The van der Waals surface area contributed by atoms with E-state index in [4.69, 9.17) is 0 Å². The van der Waals surface area contributed by atoms with Gasteiger partial charge in [0.05, 0.1) is 11.3 Å². The number of allylic oxidation sites excluding steroid dienone is 1. The van der Waals surface area contributed by atoms with Gasteiger partial charge in [-0.25, -0.2) is 4.68 Å². The second-order valence-electron chi connectivity index (χ2n) is 11.0. The van der Waals surface area contributed by atoms with Gasteiger partial charge in [0.2, 0.25) is 5.41 Å². The zero-order valence-electron chi connectivity index (χ0n) is 21.8. The number of hydrogen-bond acceptors (Lipinski definition) is 3. The number of nitrogens with one attached hydrogen (secondary N) is 1. The van der Waals surface area contributed by atoms with Crippen molar-refractivity contribution in [3.05, 3.63) is 92.5 Å². The molecule has 2 heterocycles. The molecule has 2 aromatic carbocycles. The van der Waals surface area contributed by atoms with Gasteiger partial charge < -0.3 is 0 Å². The van der Waals surface area contributed by atoms with Crippen molar-refractivity contribution in [3.63, 3.8) is 0 Å². The van der Waals surface area contributed by atoms with Gasteiger partial charge in [-0.15, -0.1) is 0 Å². The number of carbonyl (C=O) groups excluding carboxylic acids is 2. The standard InChI is InChI=1S/C29H28F3N3O3/c1-16-11-12-20(13-17(16)2)34-21-14-27(4,5)15-22(36)24(21)28(26(34)38,29(30,31)32)23-18(3)33-35(25(23)37)19-9-7-6-8-10-19/h6-13,33H,14-15H2,1-5H3/t28-/m1/s1. The first kappa shape index (κ1) is 25.8. The Kier molecular flexibility index (Phi) is 5.63. The maximum absolute atomic E-state index is 15.5. The second-order valence-corrected chi connectivity index (χ2v) is 11.0. The molecule has 0 bridgehead atoms. The van der Waals surface area contributed by atoms with Gasteiger partial charge in [-0.1, -0.05) is 38.1 Å². The summed E-state index contributed by atoms with van der Waals surface area (Å²) in [5.41, 5.74) is -4.44. The van der Waals surface area contributed by atoms with Crippen LogP contribution >= 0.6 is 0 Å². The number of amides is 1. The molecule has 1 aromatic heterocycles. The van der Waals surface area contributed by atoms with Gasteiger partial charge in [0.25, 0.3) is 11.5 Å². The molecule has 0 saturated carbocycles. The third kappa shape index (κ3) is 3.51. The minimum Gasteiger partial charge on any atom is -0.295 e. The van der Waals surface area contributed by atoms with Crippen LogP contribution in [0.2, 0.25) is 0 Å². The van der Waals surface area contributed by atoms with E-state index in [0.29, 0.717) is 5.69 Å². The summed E-state index contributed by atoms with van der Waals surface area (Å²) < 4.78 is 47.5. The Bertz CT molecular complexity index is 1580. The fourth-order valence-electron chi connectivity index (χ4n) is 5.82. The summed E-state index contributed by atoms with van der Waals surface area (Å²) in [5.74, 6) is -2.14. The first-order valence-electron chi connectivity index (χ1n) is 12.3. The van der Waals surface area contributed by atoms with E-state index >= 15 is 13.2 Å². The normalized spacial score (nSPS) is 21.3. The molecular formula is C29H28F3N3O3. The summed E-state index contributed by atoms with van der Waals surface area (Å²) in [6.45, 7) is 8.56. The molecule has 1 amide bonds. The van der Waals surface area contributed by atoms with Crippen molar-refractivity contribution in [1.29, 1.82) is 0 Å². The van der Waals surface area contributed by atoms with Crippen LogP contribution in [0.25, 0.3) is 5.69 Å². The number of benzene rings is 2. The van der Waals surface area contributed by atoms with Crippen molar-refractivity contribution >= 4 is 17.4 Å². The molecule has 1 atom stereocenters. The van der Waals surface area contributed by atoms with Gasteiger partial charge in [-0.2, -0.15) is 13.2 Å². The first-order valence-corrected chi connectivity index (χ1v) is 12.3. The molecule has 1 aliphatic carbocycles. The van der Waals surface area contributed by atoms with Crippen LogP contribution in [0.3, 0.4) is 0 Å². The molecule has 198 valence electrons. The lowest BCUT2D eigenvalue weighted by atomic mass is 9.66. The van der Waals surface area contributed by atoms with Crippen molar-refractivity contribution in [2.24, 2.45) is 5.41 Å². The second kappa shape index (κ2) is 8.31. The number of rotatable bonds is 3. The number of carbonyl (C=O) groups is 2. The highest BCUT2D eigenvalue weighted by Crippen LogP contribution is 2.58. The minimum absolute atomic E-state index is 0.00286. The van der Waals surface area contributed by atoms with Crippen LogP contribution < -0.4 is 10.5 Å². The van der Waals surface area contributed by atoms with Crippen LogP contribution in [-0.4, -0.2) is 27.6 Å². The lowest BCUT2D eigenvalue weighted by Crippen LogP contribution is -2.55. The predicted octanol–water partition coefficient (Wildman–Crippen LogP) is 5.58. The average Bonchev–Trinajstić information content (AvgIpc) is 3.25. The van der Waals surface area contributed by atoms with Crippen LogP contribution in [0, 0.1) is 26.2 Å². The minimum atomic E-state index is -5.27. The Morgan fingerprint density at radius 3 is 2.13 bits per heavy atom. The van der Waals surface area contributed by atoms with E-state index in [1.54, 1.807) is 69.3 Å². The maximum Gasteiger partial charge on any atom is 0.411 e. The van der Waals surface area contributed by atoms with Crippen molar-refractivity contribution in [2.45, 2.75) is 59.1 Å². The van der Waals surface area contributed by atoms with E-state index in [1.807, 2.05) is 6.92 Å². The summed E-state index contributed by atoms with van der Waals surface area (Å²) in [4.78, 5) is 42.7. The predicted molar refractivity (Wildman–Crippen MR) is 137 cm³/mol. The summed E-state index contributed by atoms with van der Waals surface area (Å²) >= 11 is 0. The molecule has 5 rings (SSSR count). The molecule has 0 unspecified atom stereocenters. The van der Waals surface area contributed by atoms with E-state index < -0.39 is 45.4 Å². The topological polar surface area (TPSA) is 75.2 Å². The highest BCUT2D eigenvalue weighted by Gasteiger charge is 2.73. The van der Waals surface area contributed by atoms with E-state index in [-0.39, 0.29) is 29.9 Å². The Morgan fingerprint density at radius 2 is 1.53 bits per heavy atom. The van der Waals surface area contributed by atoms with Crippen LogP contribution in [0.15, 0.2) is 64.6 Å². The van der Waals surface area contributed by atoms with Gasteiger partial charge in [0, 0.05) is 29.1 Å². The molecule has 0 spiro atoms. The number of aromatic amines is 1. The number of H-pyrrole nitrogens is 1. The zero-order valence-corrected chi connectivity index (χ0v) is 21.8. The number of Topliss-reactive ketones (excluding diaryl/α,β-unsaturated/α-hetero) is 1. The van der Waals surface area contributed by atoms with E-state index in [9.17, 15) is 14.4 Å². The van der Waals surface area contributed by atoms with Crippen molar-refractivity contribution in [3.8, 4) is 5.69 Å². The van der Waals surface area contributed by atoms with Crippen LogP contribution in [-0.2, 0) is 15.0 Å². The van der Waals surface area contributed by atoms with Gasteiger partial charge >= 0.3 is 6.18 Å². The van der Waals surface area contributed by atoms with Gasteiger partial charge in [-0.05, 0) is 68.0 Å². The largest absolute Gasteiger partial charge is 0.411 e. The third-order valence-electron chi connectivity index (χ3n) is 7.66. The lowest BCUT2D eigenvalue weighted by molar-refractivity contribution is -0.184. The Morgan fingerprint density at radius 1 is 0.868 bits per heavy atom. The van der Waals surface area contributed by atoms with E-state index in [2.05, 4.69) is 5.10 Å². The number of anilines is 1.